The number of benzene rings is 1. The molecule has 4 rings (SSSR count). The molecular formula is C19H14Cl2FN3O2. The van der Waals surface area contributed by atoms with Crippen LogP contribution in [-0.4, -0.2) is 23.1 Å². The van der Waals surface area contributed by atoms with Crippen LogP contribution in [0.3, 0.4) is 0 Å². The molecule has 2 aromatic heterocycles. The lowest BCUT2D eigenvalue weighted by Gasteiger charge is -2.18. The second-order valence-corrected chi connectivity index (χ2v) is 7.02. The Morgan fingerprint density at radius 3 is 2.67 bits per heavy atom. The molecule has 0 radical (unpaired) electrons. The van der Waals surface area contributed by atoms with Crippen molar-refractivity contribution in [2.75, 3.05) is 11.9 Å². The molecule has 1 aromatic carbocycles. The fourth-order valence-corrected chi connectivity index (χ4v) is 3.59. The number of hydrogen-bond acceptors (Lipinski definition) is 4. The third-order valence-corrected chi connectivity index (χ3v) is 5.20. The van der Waals surface area contributed by atoms with Crippen LogP contribution in [0.25, 0.3) is 11.3 Å². The van der Waals surface area contributed by atoms with Gasteiger partial charge in [0.25, 0.3) is 5.91 Å². The van der Waals surface area contributed by atoms with Crippen molar-refractivity contribution in [3.8, 4) is 11.3 Å². The number of nitrogens with zero attached hydrogens (tertiary/aromatic N) is 3. The molecule has 0 saturated carbocycles. The summed E-state index contributed by atoms with van der Waals surface area (Å²) >= 11 is 11.5. The van der Waals surface area contributed by atoms with Crippen molar-refractivity contribution in [3.05, 3.63) is 63.3 Å². The fraction of sp³-hybridized carbons (Fsp3) is 0.211. The zero-order valence-electron chi connectivity index (χ0n) is 14.3. The molecule has 0 atom stereocenters. The van der Waals surface area contributed by atoms with Crippen molar-refractivity contribution in [1.82, 2.24) is 10.1 Å². The van der Waals surface area contributed by atoms with E-state index in [-0.39, 0.29) is 15.9 Å². The second kappa shape index (κ2) is 6.94. The standard InChI is InChI=1S/C19H14Cl2FN3O2/c1-25(19(26)13-9-14(22)18(21)23-17(13)20)11-7-5-10(6-8-11)16-12-3-2-4-15(12)24-27-16/h5-9H,2-4H2,1H3. The van der Waals surface area contributed by atoms with E-state index in [1.165, 1.54) is 4.90 Å². The topological polar surface area (TPSA) is 59.2 Å². The van der Waals surface area contributed by atoms with E-state index in [9.17, 15) is 9.18 Å². The zero-order valence-corrected chi connectivity index (χ0v) is 15.8. The number of rotatable bonds is 3. The van der Waals surface area contributed by atoms with E-state index in [1.807, 2.05) is 12.1 Å². The molecule has 8 heteroatoms. The summed E-state index contributed by atoms with van der Waals surface area (Å²) in [6, 6.07) is 8.28. The molecular weight excluding hydrogens is 392 g/mol. The summed E-state index contributed by atoms with van der Waals surface area (Å²) < 4.78 is 19.1. The quantitative estimate of drug-likeness (QED) is 0.578. The predicted molar refractivity (Wildman–Crippen MR) is 101 cm³/mol. The normalized spacial score (nSPS) is 12.9. The zero-order chi connectivity index (χ0) is 19.1. The Balaban J connectivity index is 1.60. The first-order chi connectivity index (χ1) is 13.0. The first-order valence-corrected chi connectivity index (χ1v) is 9.08. The number of carbonyl (C=O) groups excluding carboxylic acids is 1. The molecule has 1 amide bonds. The van der Waals surface area contributed by atoms with Crippen LogP contribution < -0.4 is 4.90 Å². The van der Waals surface area contributed by atoms with Gasteiger partial charge >= 0.3 is 0 Å². The van der Waals surface area contributed by atoms with Crippen LogP contribution in [0.5, 0.6) is 0 Å². The van der Waals surface area contributed by atoms with E-state index in [1.54, 1.807) is 19.2 Å². The first-order valence-electron chi connectivity index (χ1n) is 8.33. The molecule has 0 bridgehead atoms. The van der Waals surface area contributed by atoms with Gasteiger partial charge in [0.1, 0.15) is 5.15 Å². The van der Waals surface area contributed by atoms with Gasteiger partial charge in [0.2, 0.25) is 0 Å². The van der Waals surface area contributed by atoms with E-state index < -0.39 is 11.7 Å². The largest absolute Gasteiger partial charge is 0.356 e. The van der Waals surface area contributed by atoms with Crippen LogP contribution in [-0.2, 0) is 12.8 Å². The van der Waals surface area contributed by atoms with Crippen LogP contribution in [0.2, 0.25) is 10.3 Å². The number of pyridine rings is 1. The smallest absolute Gasteiger partial charge is 0.261 e. The monoisotopic (exact) mass is 405 g/mol. The number of fused-ring (bicyclic) bond motifs is 1. The van der Waals surface area contributed by atoms with E-state index >= 15 is 0 Å². The molecule has 2 heterocycles. The summed E-state index contributed by atoms with van der Waals surface area (Å²) in [4.78, 5) is 17.7. The molecule has 1 aliphatic rings. The van der Waals surface area contributed by atoms with Gasteiger partial charge in [-0.2, -0.15) is 0 Å². The molecule has 0 saturated heterocycles. The Morgan fingerprint density at radius 1 is 1.19 bits per heavy atom. The third-order valence-electron chi connectivity index (χ3n) is 4.65. The number of aryl methyl sites for hydroxylation is 1. The van der Waals surface area contributed by atoms with E-state index in [0.717, 1.165) is 47.9 Å². The van der Waals surface area contributed by atoms with Crippen molar-refractivity contribution < 1.29 is 13.7 Å². The van der Waals surface area contributed by atoms with Crippen LogP contribution in [0.1, 0.15) is 28.0 Å². The molecule has 0 unspecified atom stereocenters. The Labute approximate surface area is 164 Å². The minimum Gasteiger partial charge on any atom is -0.356 e. The number of anilines is 1. The minimum absolute atomic E-state index is 0.0572. The first kappa shape index (κ1) is 17.9. The van der Waals surface area contributed by atoms with E-state index in [4.69, 9.17) is 27.7 Å². The molecule has 138 valence electrons. The van der Waals surface area contributed by atoms with Gasteiger partial charge in [-0.25, -0.2) is 9.37 Å². The van der Waals surface area contributed by atoms with Crippen LogP contribution in [0, 0.1) is 5.82 Å². The summed E-state index contributed by atoms with van der Waals surface area (Å²) in [5.41, 5.74) is 3.63. The minimum atomic E-state index is -0.799. The molecule has 0 fully saturated rings. The molecule has 5 nitrogen and oxygen atoms in total. The maximum atomic E-state index is 13.7. The average Bonchev–Trinajstić information content (AvgIpc) is 3.27. The van der Waals surface area contributed by atoms with Crippen molar-refractivity contribution in [2.45, 2.75) is 19.3 Å². The van der Waals surface area contributed by atoms with Crippen LogP contribution >= 0.6 is 23.2 Å². The highest BCUT2D eigenvalue weighted by atomic mass is 35.5. The lowest BCUT2D eigenvalue weighted by molar-refractivity contribution is 0.0992. The second-order valence-electron chi connectivity index (χ2n) is 6.30. The molecule has 3 aromatic rings. The summed E-state index contributed by atoms with van der Waals surface area (Å²) in [7, 11) is 1.58. The third kappa shape index (κ3) is 3.19. The van der Waals surface area contributed by atoms with Gasteiger partial charge in [0.15, 0.2) is 16.7 Å². The lowest BCUT2D eigenvalue weighted by Crippen LogP contribution is -2.26. The van der Waals surface area contributed by atoms with Crippen LogP contribution in [0.4, 0.5) is 10.1 Å². The maximum Gasteiger partial charge on any atom is 0.261 e. The van der Waals surface area contributed by atoms with Gasteiger partial charge in [-0.15, -0.1) is 0 Å². The molecule has 0 spiro atoms. The Morgan fingerprint density at radius 2 is 1.93 bits per heavy atom. The lowest BCUT2D eigenvalue weighted by atomic mass is 10.1. The van der Waals surface area contributed by atoms with Gasteiger partial charge in [0, 0.05) is 23.9 Å². The number of aromatic nitrogens is 2. The Kier molecular flexibility index (Phi) is 4.61. The van der Waals surface area contributed by atoms with Crippen molar-refractivity contribution in [2.24, 2.45) is 0 Å². The average molecular weight is 406 g/mol. The number of hydrogen-bond donors (Lipinski definition) is 0. The SMILES string of the molecule is CN(C(=O)c1cc(F)c(Cl)nc1Cl)c1ccc(-c2onc3c2CCC3)cc1. The number of carbonyl (C=O) groups is 1. The highest BCUT2D eigenvalue weighted by molar-refractivity contribution is 6.35. The van der Waals surface area contributed by atoms with Crippen molar-refractivity contribution >= 4 is 34.8 Å². The van der Waals surface area contributed by atoms with Gasteiger partial charge in [-0.1, -0.05) is 28.4 Å². The predicted octanol–water partition coefficient (Wildman–Crippen LogP) is 4.95. The highest BCUT2D eigenvalue weighted by Gasteiger charge is 2.23. The number of amides is 1. The molecule has 0 aliphatic heterocycles. The Hall–Kier alpha value is -2.44. The molecule has 1 aliphatic carbocycles. The van der Waals surface area contributed by atoms with Gasteiger partial charge in [-0.05, 0) is 49.6 Å². The van der Waals surface area contributed by atoms with Gasteiger partial charge < -0.3 is 9.42 Å². The van der Waals surface area contributed by atoms with Crippen molar-refractivity contribution in [1.29, 1.82) is 0 Å². The maximum absolute atomic E-state index is 13.7. The molecule has 27 heavy (non-hydrogen) atoms. The van der Waals surface area contributed by atoms with Gasteiger partial charge in [-0.3, -0.25) is 4.79 Å². The van der Waals surface area contributed by atoms with E-state index in [2.05, 4.69) is 10.1 Å². The summed E-state index contributed by atoms with van der Waals surface area (Å²) in [6.45, 7) is 0. The van der Waals surface area contributed by atoms with Crippen molar-refractivity contribution in [3.63, 3.8) is 0 Å². The number of halogens is 3. The summed E-state index contributed by atoms with van der Waals surface area (Å²) in [6.07, 6.45) is 2.99. The summed E-state index contributed by atoms with van der Waals surface area (Å²) in [5, 5.41) is 3.60. The summed E-state index contributed by atoms with van der Waals surface area (Å²) in [5.74, 6) is -0.515. The Bertz CT molecular complexity index is 1030. The fourth-order valence-electron chi connectivity index (χ4n) is 3.19. The van der Waals surface area contributed by atoms with Gasteiger partial charge in [0.05, 0.1) is 11.3 Å². The van der Waals surface area contributed by atoms with Crippen LogP contribution in [0.15, 0.2) is 34.9 Å². The van der Waals surface area contributed by atoms with E-state index in [0.29, 0.717) is 5.69 Å². The highest BCUT2D eigenvalue weighted by Crippen LogP contribution is 2.33. The molecule has 0 N–H and O–H groups in total.